The molecule has 1 aliphatic rings. The molecule has 114 valence electrons. The van der Waals surface area contributed by atoms with E-state index in [9.17, 15) is 27.0 Å². The van der Waals surface area contributed by atoms with Gasteiger partial charge in [-0.1, -0.05) is 6.92 Å². The van der Waals surface area contributed by atoms with Crippen molar-refractivity contribution in [3.8, 4) is 5.75 Å². The Bertz CT molecular complexity index is 736. The lowest BCUT2D eigenvalue weighted by Crippen LogP contribution is -2.34. The van der Waals surface area contributed by atoms with E-state index in [0.717, 1.165) is 0 Å². The van der Waals surface area contributed by atoms with Gasteiger partial charge in [0.1, 0.15) is 4.21 Å². The van der Waals surface area contributed by atoms with Gasteiger partial charge in [0.05, 0.1) is 0 Å². The standard InChI is InChI=1S/C9H14N2O6S3/c1-2-11-4-3-5(12)19(14,15)8-6(4)7(13)9(18-8)20(10,16)17/h4-5,11-13H,2-3H2,1H3,(H2,10,16,17). The van der Waals surface area contributed by atoms with Gasteiger partial charge in [-0.15, -0.1) is 11.3 Å². The third-order valence-corrected chi connectivity index (χ3v) is 8.00. The van der Waals surface area contributed by atoms with E-state index >= 15 is 0 Å². The number of fused-ring (bicyclic) bond motifs is 1. The summed E-state index contributed by atoms with van der Waals surface area (Å²) < 4.78 is 45.9. The van der Waals surface area contributed by atoms with Gasteiger partial charge in [-0.3, -0.25) is 0 Å². The molecule has 2 unspecified atom stereocenters. The molecule has 20 heavy (non-hydrogen) atoms. The van der Waals surface area contributed by atoms with E-state index < -0.39 is 41.3 Å². The summed E-state index contributed by atoms with van der Waals surface area (Å²) in [6.45, 7) is 2.22. The Kier molecular flexibility index (Phi) is 3.86. The summed E-state index contributed by atoms with van der Waals surface area (Å²) in [5.41, 5.74) is -1.68. The van der Waals surface area contributed by atoms with E-state index in [-0.39, 0.29) is 16.2 Å². The van der Waals surface area contributed by atoms with Crippen LogP contribution in [0, 0.1) is 0 Å². The average molecular weight is 342 g/mol. The largest absolute Gasteiger partial charge is 0.505 e. The van der Waals surface area contributed by atoms with Crippen LogP contribution in [0.3, 0.4) is 0 Å². The molecule has 0 fully saturated rings. The van der Waals surface area contributed by atoms with Gasteiger partial charge in [-0.05, 0) is 6.54 Å². The van der Waals surface area contributed by atoms with Gasteiger partial charge in [0.15, 0.2) is 15.4 Å². The third-order valence-electron chi connectivity index (χ3n) is 2.97. The molecule has 0 amide bonds. The molecule has 1 aromatic rings. The topological polar surface area (TPSA) is 147 Å². The van der Waals surface area contributed by atoms with Crippen LogP contribution in [0.25, 0.3) is 0 Å². The second kappa shape index (κ2) is 4.93. The quantitative estimate of drug-likeness (QED) is 0.565. The molecule has 2 heterocycles. The Balaban J connectivity index is 2.76. The lowest BCUT2D eigenvalue weighted by molar-refractivity contribution is 0.213. The minimum absolute atomic E-state index is 0.0359. The van der Waals surface area contributed by atoms with Crippen molar-refractivity contribution >= 4 is 31.2 Å². The number of aromatic hydroxyl groups is 1. The number of nitrogens with one attached hydrogen (secondary N) is 1. The maximum Gasteiger partial charge on any atom is 0.251 e. The summed E-state index contributed by atoms with van der Waals surface area (Å²) in [5, 5.41) is 27.5. The highest BCUT2D eigenvalue weighted by molar-refractivity contribution is 7.95. The molecule has 0 aromatic carbocycles. The van der Waals surface area contributed by atoms with Crippen molar-refractivity contribution in [2.75, 3.05) is 6.54 Å². The van der Waals surface area contributed by atoms with Crippen LogP contribution in [-0.2, 0) is 19.9 Å². The highest BCUT2D eigenvalue weighted by Gasteiger charge is 2.43. The zero-order chi connectivity index (χ0) is 15.3. The molecule has 1 aromatic heterocycles. The van der Waals surface area contributed by atoms with Crippen molar-refractivity contribution in [3.05, 3.63) is 5.56 Å². The third kappa shape index (κ3) is 2.34. The van der Waals surface area contributed by atoms with Crippen LogP contribution in [0.15, 0.2) is 8.42 Å². The zero-order valence-corrected chi connectivity index (χ0v) is 12.8. The van der Waals surface area contributed by atoms with Crippen molar-refractivity contribution in [1.82, 2.24) is 5.32 Å². The number of thiophene rings is 1. The summed E-state index contributed by atoms with van der Waals surface area (Å²) in [6, 6.07) is -0.653. The molecular weight excluding hydrogens is 328 g/mol. The van der Waals surface area contributed by atoms with E-state index in [1.165, 1.54) is 0 Å². The second-order valence-corrected chi connectivity index (χ2v) is 9.41. The first-order valence-corrected chi connectivity index (χ1v) is 9.55. The second-order valence-electron chi connectivity index (χ2n) is 4.33. The Hall–Kier alpha value is -0.720. The molecule has 2 rings (SSSR count). The SMILES string of the molecule is CCNC1CC(O)S(=O)(=O)c2sc(S(N)(=O)=O)c(O)c21. The van der Waals surface area contributed by atoms with E-state index in [1.54, 1.807) is 6.92 Å². The Morgan fingerprint density at radius 2 is 2.10 bits per heavy atom. The minimum Gasteiger partial charge on any atom is -0.505 e. The molecule has 11 heteroatoms. The van der Waals surface area contributed by atoms with Gasteiger partial charge in [0.25, 0.3) is 10.0 Å². The summed E-state index contributed by atoms with van der Waals surface area (Å²) in [6.07, 6.45) is -0.169. The van der Waals surface area contributed by atoms with Crippen LogP contribution in [0.1, 0.15) is 24.9 Å². The maximum atomic E-state index is 12.0. The van der Waals surface area contributed by atoms with Crippen molar-refractivity contribution in [2.45, 2.75) is 33.2 Å². The number of sulfone groups is 1. The molecule has 1 aliphatic heterocycles. The first-order chi connectivity index (χ1) is 9.10. The number of sulfonamides is 1. The van der Waals surface area contributed by atoms with Crippen LogP contribution in [0.4, 0.5) is 0 Å². The molecular formula is C9H14N2O6S3. The fourth-order valence-corrected chi connectivity index (χ4v) is 6.37. The normalized spacial score (nSPS) is 25.4. The van der Waals surface area contributed by atoms with Gasteiger partial charge >= 0.3 is 0 Å². The van der Waals surface area contributed by atoms with E-state index in [0.29, 0.717) is 17.9 Å². The summed E-state index contributed by atoms with van der Waals surface area (Å²) in [5.74, 6) is -0.658. The van der Waals surface area contributed by atoms with Crippen molar-refractivity contribution in [1.29, 1.82) is 0 Å². The Morgan fingerprint density at radius 1 is 1.50 bits per heavy atom. The molecule has 0 spiro atoms. The van der Waals surface area contributed by atoms with E-state index in [2.05, 4.69) is 5.32 Å². The molecule has 0 saturated carbocycles. The lowest BCUT2D eigenvalue weighted by atomic mass is 10.1. The zero-order valence-electron chi connectivity index (χ0n) is 10.4. The van der Waals surface area contributed by atoms with Crippen LogP contribution in [0.5, 0.6) is 5.75 Å². The minimum atomic E-state index is -4.24. The number of rotatable bonds is 3. The fraction of sp³-hybridized carbons (Fsp3) is 0.556. The molecule has 0 bridgehead atoms. The summed E-state index contributed by atoms with van der Waals surface area (Å²) >= 11 is 0.358. The molecule has 5 N–H and O–H groups in total. The monoisotopic (exact) mass is 342 g/mol. The summed E-state index contributed by atoms with van der Waals surface area (Å²) in [7, 11) is -8.32. The predicted octanol–water partition coefficient (Wildman–Crippen LogP) is -0.752. The lowest BCUT2D eigenvalue weighted by Gasteiger charge is -2.26. The highest BCUT2D eigenvalue weighted by Crippen LogP contribution is 2.48. The highest BCUT2D eigenvalue weighted by atomic mass is 32.3. The van der Waals surface area contributed by atoms with Crippen LogP contribution < -0.4 is 10.5 Å². The number of nitrogens with two attached hydrogens (primary N) is 1. The molecule has 0 saturated heterocycles. The van der Waals surface area contributed by atoms with E-state index in [4.69, 9.17) is 5.14 Å². The van der Waals surface area contributed by atoms with Crippen molar-refractivity contribution in [3.63, 3.8) is 0 Å². The maximum absolute atomic E-state index is 12.0. The fourth-order valence-electron chi connectivity index (χ4n) is 2.11. The molecule has 2 atom stereocenters. The van der Waals surface area contributed by atoms with Crippen LogP contribution >= 0.6 is 11.3 Å². The predicted molar refractivity (Wildman–Crippen MR) is 71.6 cm³/mol. The van der Waals surface area contributed by atoms with Gasteiger partial charge in [-0.25, -0.2) is 22.0 Å². The number of aliphatic hydroxyl groups excluding tert-OH is 1. The smallest absolute Gasteiger partial charge is 0.251 e. The van der Waals surface area contributed by atoms with Crippen LogP contribution in [0.2, 0.25) is 0 Å². The average Bonchev–Trinajstić information content (AvgIpc) is 2.65. The van der Waals surface area contributed by atoms with Gasteiger partial charge in [0, 0.05) is 18.0 Å². The molecule has 8 nitrogen and oxygen atoms in total. The first kappa shape index (κ1) is 15.7. The van der Waals surface area contributed by atoms with Gasteiger partial charge < -0.3 is 15.5 Å². The number of hydrogen-bond acceptors (Lipinski definition) is 8. The van der Waals surface area contributed by atoms with Gasteiger partial charge in [-0.2, -0.15) is 0 Å². The summed E-state index contributed by atoms with van der Waals surface area (Å²) in [4.78, 5) is 0. The molecule has 0 aliphatic carbocycles. The number of hydrogen-bond donors (Lipinski definition) is 4. The molecule has 0 radical (unpaired) electrons. The van der Waals surface area contributed by atoms with Crippen molar-refractivity contribution in [2.24, 2.45) is 5.14 Å². The van der Waals surface area contributed by atoms with Crippen molar-refractivity contribution < 1.29 is 27.0 Å². The Labute approximate surface area is 120 Å². The Morgan fingerprint density at radius 3 is 2.60 bits per heavy atom. The number of primary sulfonamides is 1. The van der Waals surface area contributed by atoms with Gasteiger partial charge in [0.2, 0.25) is 9.84 Å². The first-order valence-electron chi connectivity index (χ1n) is 5.64. The van der Waals surface area contributed by atoms with Crippen LogP contribution in [-0.4, -0.2) is 39.0 Å². The van der Waals surface area contributed by atoms with E-state index in [1.807, 2.05) is 0 Å². The number of aliphatic hydroxyl groups is 1.